The molecule has 0 atom stereocenters. The lowest BCUT2D eigenvalue weighted by atomic mass is 10.2. The molecule has 2 aromatic rings. The summed E-state index contributed by atoms with van der Waals surface area (Å²) in [5.41, 5.74) is 2.37. The predicted molar refractivity (Wildman–Crippen MR) is 79.9 cm³/mol. The van der Waals surface area contributed by atoms with Gasteiger partial charge in [-0.15, -0.1) is 11.3 Å². The predicted octanol–water partition coefficient (Wildman–Crippen LogP) is 1.84. The molecule has 7 heteroatoms. The lowest BCUT2D eigenvalue weighted by Crippen LogP contribution is -2.26. The Morgan fingerprint density at radius 1 is 1.43 bits per heavy atom. The van der Waals surface area contributed by atoms with Crippen LogP contribution in [0.5, 0.6) is 0 Å². The molecule has 1 N–H and O–H groups in total. The molecular weight excluding hydrogens is 290 g/mol. The van der Waals surface area contributed by atoms with Gasteiger partial charge in [0.2, 0.25) is 0 Å². The van der Waals surface area contributed by atoms with E-state index < -0.39 is 0 Å². The Morgan fingerprint density at radius 2 is 2.19 bits per heavy atom. The van der Waals surface area contributed by atoms with Crippen LogP contribution in [0.4, 0.5) is 0 Å². The van der Waals surface area contributed by atoms with Crippen molar-refractivity contribution in [3.05, 3.63) is 34.6 Å². The zero-order chi connectivity index (χ0) is 15.4. The van der Waals surface area contributed by atoms with Crippen LogP contribution in [-0.2, 0) is 9.53 Å². The van der Waals surface area contributed by atoms with E-state index in [2.05, 4.69) is 15.0 Å². The number of methoxy groups -OCH3 is 1. The van der Waals surface area contributed by atoms with Crippen molar-refractivity contribution in [3.8, 4) is 5.13 Å². The van der Waals surface area contributed by atoms with Crippen molar-refractivity contribution in [2.75, 3.05) is 13.7 Å². The number of hydrogen-bond acceptors (Lipinski definition) is 5. The first kappa shape index (κ1) is 15.2. The Labute approximate surface area is 126 Å². The molecule has 112 valence electrons. The van der Waals surface area contributed by atoms with Crippen LogP contribution in [0.1, 0.15) is 28.2 Å². The maximum Gasteiger partial charge on any atom is 0.307 e. The molecule has 1 amide bonds. The van der Waals surface area contributed by atoms with E-state index in [1.165, 1.54) is 18.4 Å². The third-order valence-electron chi connectivity index (χ3n) is 3.13. The van der Waals surface area contributed by atoms with Gasteiger partial charge in [-0.25, -0.2) is 4.98 Å². The summed E-state index contributed by atoms with van der Waals surface area (Å²) in [6.45, 7) is 4.07. The number of nitrogens with zero attached hydrogens (tertiary/aromatic N) is 2. The second-order valence-corrected chi connectivity index (χ2v) is 5.39. The zero-order valence-electron chi connectivity index (χ0n) is 12.2. The lowest BCUT2D eigenvalue weighted by Gasteiger charge is -2.06. The molecule has 0 unspecified atom stereocenters. The van der Waals surface area contributed by atoms with E-state index in [-0.39, 0.29) is 24.8 Å². The van der Waals surface area contributed by atoms with Crippen LogP contribution < -0.4 is 5.32 Å². The summed E-state index contributed by atoms with van der Waals surface area (Å²) >= 11 is 1.51. The summed E-state index contributed by atoms with van der Waals surface area (Å²) in [5.74, 6) is -0.543. The van der Waals surface area contributed by atoms with E-state index in [0.717, 1.165) is 16.5 Å². The quantitative estimate of drug-likeness (QED) is 0.856. The molecular formula is C14H17N3O3S. The van der Waals surface area contributed by atoms with Crippen molar-refractivity contribution >= 4 is 23.2 Å². The number of ether oxygens (including phenoxy) is 1. The molecule has 0 spiro atoms. The van der Waals surface area contributed by atoms with Crippen LogP contribution in [0, 0.1) is 13.8 Å². The Kier molecular flexibility index (Phi) is 4.74. The number of hydrogen-bond donors (Lipinski definition) is 1. The molecule has 0 aliphatic heterocycles. The van der Waals surface area contributed by atoms with Crippen LogP contribution in [0.2, 0.25) is 0 Å². The summed E-state index contributed by atoms with van der Waals surface area (Å²) in [4.78, 5) is 27.5. The minimum Gasteiger partial charge on any atom is -0.469 e. The summed E-state index contributed by atoms with van der Waals surface area (Å²) in [6, 6.07) is 1.82. The highest BCUT2D eigenvalue weighted by Gasteiger charge is 2.17. The Bertz CT molecular complexity index is 647. The molecule has 0 aliphatic rings. The van der Waals surface area contributed by atoms with E-state index in [4.69, 9.17) is 0 Å². The molecule has 2 rings (SSSR count). The fourth-order valence-corrected chi connectivity index (χ4v) is 2.84. The number of nitrogens with one attached hydrogen (secondary N) is 1. The standard InChI is InChI=1S/C14H17N3O3S/c1-9-8-11(13(19)15-5-4-12(18)20-3)10(2)17(9)14-16-6-7-21-14/h6-8H,4-5H2,1-3H3,(H,15,19). The van der Waals surface area contributed by atoms with E-state index in [1.54, 1.807) is 6.20 Å². The van der Waals surface area contributed by atoms with Crippen molar-refractivity contribution in [1.29, 1.82) is 0 Å². The smallest absolute Gasteiger partial charge is 0.307 e. The number of carbonyl (C=O) groups excluding carboxylic acids is 2. The molecule has 2 heterocycles. The Balaban J connectivity index is 2.12. The number of aromatic nitrogens is 2. The Morgan fingerprint density at radius 3 is 2.81 bits per heavy atom. The summed E-state index contributed by atoms with van der Waals surface area (Å²) < 4.78 is 6.48. The summed E-state index contributed by atoms with van der Waals surface area (Å²) in [6.07, 6.45) is 1.89. The fourth-order valence-electron chi connectivity index (χ4n) is 2.09. The first-order chi connectivity index (χ1) is 10.0. The third-order valence-corrected chi connectivity index (χ3v) is 3.89. The van der Waals surface area contributed by atoms with E-state index >= 15 is 0 Å². The number of rotatable bonds is 5. The highest BCUT2D eigenvalue weighted by molar-refractivity contribution is 7.12. The average Bonchev–Trinajstić information content (AvgIpc) is 3.06. The van der Waals surface area contributed by atoms with Gasteiger partial charge in [-0.1, -0.05) is 0 Å². The van der Waals surface area contributed by atoms with E-state index in [0.29, 0.717) is 5.56 Å². The van der Waals surface area contributed by atoms with Gasteiger partial charge >= 0.3 is 5.97 Å². The maximum atomic E-state index is 12.2. The molecule has 0 aromatic carbocycles. The van der Waals surface area contributed by atoms with Gasteiger partial charge in [0.1, 0.15) is 0 Å². The Hall–Kier alpha value is -2.15. The topological polar surface area (TPSA) is 73.2 Å². The molecule has 0 bridgehead atoms. The number of thiazole rings is 1. The van der Waals surface area contributed by atoms with Crippen LogP contribution in [-0.4, -0.2) is 35.1 Å². The van der Waals surface area contributed by atoms with Gasteiger partial charge in [0.25, 0.3) is 5.91 Å². The number of amides is 1. The molecule has 2 aromatic heterocycles. The number of aryl methyl sites for hydroxylation is 1. The van der Waals surface area contributed by atoms with Gasteiger partial charge in [-0.05, 0) is 19.9 Å². The van der Waals surface area contributed by atoms with Crippen molar-refractivity contribution < 1.29 is 14.3 Å². The molecule has 6 nitrogen and oxygen atoms in total. The zero-order valence-corrected chi connectivity index (χ0v) is 13.0. The van der Waals surface area contributed by atoms with Crippen LogP contribution in [0.15, 0.2) is 17.6 Å². The first-order valence-corrected chi connectivity index (χ1v) is 7.36. The minimum atomic E-state index is -0.344. The van der Waals surface area contributed by atoms with Crippen molar-refractivity contribution in [2.24, 2.45) is 0 Å². The molecule has 0 saturated carbocycles. The first-order valence-electron chi connectivity index (χ1n) is 6.48. The van der Waals surface area contributed by atoms with Gasteiger partial charge in [0, 0.05) is 29.5 Å². The van der Waals surface area contributed by atoms with Crippen LogP contribution in [0.25, 0.3) is 5.13 Å². The van der Waals surface area contributed by atoms with Gasteiger partial charge in [-0.2, -0.15) is 0 Å². The van der Waals surface area contributed by atoms with Gasteiger partial charge in [0.15, 0.2) is 5.13 Å². The molecule has 21 heavy (non-hydrogen) atoms. The highest BCUT2D eigenvalue weighted by atomic mass is 32.1. The third kappa shape index (κ3) is 3.30. The summed E-state index contributed by atoms with van der Waals surface area (Å²) in [7, 11) is 1.33. The van der Waals surface area contributed by atoms with Crippen LogP contribution in [0.3, 0.4) is 0 Å². The fraction of sp³-hybridized carbons (Fsp3) is 0.357. The maximum absolute atomic E-state index is 12.2. The number of carbonyl (C=O) groups is 2. The highest BCUT2D eigenvalue weighted by Crippen LogP contribution is 2.22. The van der Waals surface area contributed by atoms with Crippen molar-refractivity contribution in [2.45, 2.75) is 20.3 Å². The second-order valence-electron chi connectivity index (χ2n) is 4.52. The second kappa shape index (κ2) is 6.53. The van der Waals surface area contributed by atoms with Crippen molar-refractivity contribution in [1.82, 2.24) is 14.9 Å². The monoisotopic (exact) mass is 307 g/mol. The van der Waals surface area contributed by atoms with E-state index in [9.17, 15) is 9.59 Å². The molecule has 0 fully saturated rings. The largest absolute Gasteiger partial charge is 0.469 e. The van der Waals surface area contributed by atoms with Gasteiger partial charge in [-0.3, -0.25) is 14.2 Å². The van der Waals surface area contributed by atoms with Crippen LogP contribution >= 0.6 is 11.3 Å². The lowest BCUT2D eigenvalue weighted by molar-refractivity contribution is -0.140. The van der Waals surface area contributed by atoms with Gasteiger partial charge in [0.05, 0.1) is 19.1 Å². The molecule has 0 saturated heterocycles. The number of esters is 1. The normalized spacial score (nSPS) is 10.4. The van der Waals surface area contributed by atoms with E-state index in [1.807, 2.05) is 29.9 Å². The summed E-state index contributed by atoms with van der Waals surface area (Å²) in [5, 5.41) is 5.45. The van der Waals surface area contributed by atoms with Crippen molar-refractivity contribution in [3.63, 3.8) is 0 Å². The molecule has 0 radical (unpaired) electrons. The van der Waals surface area contributed by atoms with Gasteiger partial charge < -0.3 is 10.1 Å². The molecule has 0 aliphatic carbocycles. The minimum absolute atomic E-state index is 0.160. The SMILES string of the molecule is COC(=O)CCNC(=O)c1cc(C)n(-c2nccs2)c1C. The average molecular weight is 307 g/mol.